The van der Waals surface area contributed by atoms with E-state index in [1.807, 2.05) is 0 Å². The summed E-state index contributed by atoms with van der Waals surface area (Å²) < 4.78 is 0. The van der Waals surface area contributed by atoms with Crippen molar-refractivity contribution in [2.75, 3.05) is 0 Å². The highest BCUT2D eigenvalue weighted by molar-refractivity contribution is 5.93. The lowest BCUT2D eigenvalue weighted by Crippen LogP contribution is -2.40. The number of ketones is 1. The van der Waals surface area contributed by atoms with Gasteiger partial charge in [0.05, 0.1) is 0 Å². The Labute approximate surface area is 154 Å². The van der Waals surface area contributed by atoms with E-state index >= 15 is 0 Å². The van der Waals surface area contributed by atoms with Gasteiger partial charge in [-0.1, -0.05) is 41.5 Å². The SMILES string of the molecule is O=C1Cc2cc3cccc4c3cc2CC1C12CCC(C1)C1=C2CCCC14. The number of carbonyl (C=O) groups is 1. The third kappa shape index (κ3) is 1.50. The average Bonchev–Trinajstić information content (AvgIpc) is 3.23. The molecule has 1 fully saturated rings. The fourth-order valence-corrected chi connectivity index (χ4v) is 7.77. The van der Waals surface area contributed by atoms with Gasteiger partial charge in [-0.15, -0.1) is 0 Å². The molecule has 2 aromatic carbocycles. The lowest BCUT2D eigenvalue weighted by atomic mass is 9.59. The molecule has 5 aliphatic rings. The number of benzene rings is 2. The first kappa shape index (κ1) is 14.2. The van der Waals surface area contributed by atoms with E-state index in [9.17, 15) is 4.79 Å². The number of allylic oxidation sites excluding steroid dienone is 2. The Kier molecular flexibility index (Phi) is 2.46. The van der Waals surface area contributed by atoms with E-state index in [0.717, 1.165) is 12.3 Å². The van der Waals surface area contributed by atoms with Gasteiger partial charge in [0.25, 0.3) is 0 Å². The standard InChI is InChI=1S/C25H24O/c26-23-12-16-9-14-3-1-4-18-19-5-2-6-21-24(19)15-7-8-25(21,13-15)22(23)11-17(16)10-20(14)18/h1,3-4,9-10,15,19,22H,2,5-8,11-13H2. The Balaban J connectivity index is 1.64. The van der Waals surface area contributed by atoms with Crippen LogP contribution in [-0.2, 0) is 17.6 Å². The van der Waals surface area contributed by atoms with Crippen molar-refractivity contribution in [3.05, 3.63) is 58.2 Å². The Hall–Kier alpha value is -1.89. The van der Waals surface area contributed by atoms with E-state index in [1.54, 1.807) is 16.7 Å². The Morgan fingerprint density at radius 2 is 2.04 bits per heavy atom. The molecule has 0 aliphatic heterocycles. The predicted molar refractivity (Wildman–Crippen MR) is 103 cm³/mol. The second-order valence-corrected chi connectivity index (χ2v) is 9.56. The van der Waals surface area contributed by atoms with Gasteiger partial charge in [-0.25, -0.2) is 0 Å². The molecule has 1 spiro atoms. The van der Waals surface area contributed by atoms with E-state index in [0.29, 0.717) is 18.1 Å². The number of rotatable bonds is 0. The maximum Gasteiger partial charge on any atom is 0.141 e. The van der Waals surface area contributed by atoms with Crippen molar-refractivity contribution < 1.29 is 4.79 Å². The van der Waals surface area contributed by atoms with Crippen LogP contribution in [0.2, 0.25) is 0 Å². The smallest absolute Gasteiger partial charge is 0.141 e. The summed E-state index contributed by atoms with van der Waals surface area (Å²) in [6.07, 6.45) is 9.43. The van der Waals surface area contributed by atoms with Gasteiger partial charge in [-0.05, 0) is 78.3 Å². The highest BCUT2D eigenvalue weighted by Gasteiger charge is 2.58. The van der Waals surface area contributed by atoms with Gasteiger partial charge in [-0.2, -0.15) is 0 Å². The average molecular weight is 340 g/mol. The third-order valence-electron chi connectivity index (χ3n) is 8.69. The molecule has 0 heterocycles. The highest BCUT2D eigenvalue weighted by Crippen LogP contribution is 2.68. The molecule has 2 aromatic rings. The minimum atomic E-state index is 0.231. The summed E-state index contributed by atoms with van der Waals surface area (Å²) in [5, 5.41) is 2.82. The van der Waals surface area contributed by atoms with Crippen LogP contribution in [0.5, 0.6) is 0 Å². The van der Waals surface area contributed by atoms with E-state index in [-0.39, 0.29) is 11.3 Å². The third-order valence-corrected chi connectivity index (χ3v) is 8.69. The van der Waals surface area contributed by atoms with Crippen molar-refractivity contribution in [3.8, 4) is 0 Å². The van der Waals surface area contributed by atoms with E-state index in [2.05, 4.69) is 30.3 Å². The Bertz CT molecular complexity index is 1040. The number of hydrogen-bond donors (Lipinski definition) is 0. The molecular formula is C25H24O. The number of Topliss-reactive ketones (excluding diaryl/α,β-unsaturated/α-hetero) is 1. The largest absolute Gasteiger partial charge is 0.299 e. The Morgan fingerprint density at radius 3 is 3.00 bits per heavy atom. The monoisotopic (exact) mass is 340 g/mol. The van der Waals surface area contributed by atoms with Gasteiger partial charge in [-0.3, -0.25) is 4.79 Å². The van der Waals surface area contributed by atoms with Crippen LogP contribution in [0.4, 0.5) is 0 Å². The van der Waals surface area contributed by atoms with Crippen molar-refractivity contribution >= 4 is 16.6 Å². The zero-order chi connectivity index (χ0) is 17.0. The summed E-state index contributed by atoms with van der Waals surface area (Å²) in [5.74, 6) is 2.16. The first-order valence-electron chi connectivity index (χ1n) is 10.6. The summed E-state index contributed by atoms with van der Waals surface area (Å²) in [7, 11) is 0. The fraction of sp³-hybridized carbons (Fsp3) is 0.480. The van der Waals surface area contributed by atoms with Crippen molar-refractivity contribution in [1.82, 2.24) is 0 Å². The van der Waals surface area contributed by atoms with Crippen molar-refractivity contribution in [2.45, 2.75) is 57.3 Å². The first-order valence-corrected chi connectivity index (χ1v) is 10.6. The van der Waals surface area contributed by atoms with Gasteiger partial charge < -0.3 is 0 Å². The van der Waals surface area contributed by atoms with Gasteiger partial charge in [0, 0.05) is 23.7 Å². The minimum absolute atomic E-state index is 0.231. The van der Waals surface area contributed by atoms with E-state index < -0.39 is 0 Å². The maximum atomic E-state index is 13.3. The molecule has 1 saturated carbocycles. The zero-order valence-electron chi connectivity index (χ0n) is 15.2. The van der Waals surface area contributed by atoms with Crippen molar-refractivity contribution in [2.24, 2.45) is 17.3 Å². The lowest BCUT2D eigenvalue weighted by molar-refractivity contribution is -0.126. The molecule has 1 heteroatoms. The van der Waals surface area contributed by atoms with E-state index in [4.69, 9.17) is 0 Å². The second kappa shape index (κ2) is 4.50. The topological polar surface area (TPSA) is 17.1 Å². The summed E-state index contributed by atoms with van der Waals surface area (Å²) in [6.45, 7) is 0. The first-order chi connectivity index (χ1) is 12.7. The van der Waals surface area contributed by atoms with Crippen LogP contribution in [-0.4, -0.2) is 5.78 Å². The van der Waals surface area contributed by atoms with Crippen LogP contribution in [0.1, 0.15) is 61.1 Å². The summed E-state index contributed by atoms with van der Waals surface area (Å²) in [6, 6.07) is 11.7. The molecule has 0 radical (unpaired) electrons. The number of hydrogen-bond acceptors (Lipinski definition) is 1. The molecule has 26 heavy (non-hydrogen) atoms. The molecule has 8 bridgehead atoms. The molecular weight excluding hydrogens is 316 g/mol. The summed E-state index contributed by atoms with van der Waals surface area (Å²) >= 11 is 0. The highest BCUT2D eigenvalue weighted by atomic mass is 16.1. The van der Waals surface area contributed by atoms with Crippen LogP contribution in [0.15, 0.2) is 41.5 Å². The molecule has 0 saturated heterocycles. The molecule has 5 aliphatic carbocycles. The number of fused-ring (bicyclic) bond motifs is 3. The van der Waals surface area contributed by atoms with Gasteiger partial charge in [0.2, 0.25) is 0 Å². The van der Waals surface area contributed by atoms with Crippen LogP contribution >= 0.6 is 0 Å². The molecule has 130 valence electrons. The molecule has 1 nitrogen and oxygen atoms in total. The fourth-order valence-electron chi connectivity index (χ4n) is 7.77. The van der Waals surface area contributed by atoms with Crippen molar-refractivity contribution in [1.29, 1.82) is 0 Å². The molecule has 7 rings (SSSR count). The number of carbonyl (C=O) groups excluding carboxylic acids is 1. The predicted octanol–water partition coefficient (Wildman–Crippen LogP) is 5.50. The van der Waals surface area contributed by atoms with Gasteiger partial charge in [0.1, 0.15) is 5.78 Å². The normalized spacial score (nSPS) is 36.5. The minimum Gasteiger partial charge on any atom is -0.299 e. The molecule has 4 atom stereocenters. The lowest BCUT2D eigenvalue weighted by Gasteiger charge is -2.44. The van der Waals surface area contributed by atoms with Gasteiger partial charge in [0.15, 0.2) is 0 Å². The molecule has 0 N–H and O–H groups in total. The van der Waals surface area contributed by atoms with Crippen LogP contribution in [0.3, 0.4) is 0 Å². The molecule has 0 amide bonds. The summed E-state index contributed by atoms with van der Waals surface area (Å²) in [5.41, 5.74) is 8.14. The van der Waals surface area contributed by atoms with E-state index in [1.165, 1.54) is 60.4 Å². The maximum absolute atomic E-state index is 13.3. The van der Waals surface area contributed by atoms with Crippen LogP contribution in [0, 0.1) is 17.3 Å². The second-order valence-electron chi connectivity index (χ2n) is 9.56. The zero-order valence-corrected chi connectivity index (χ0v) is 15.2. The Morgan fingerprint density at radius 1 is 1.08 bits per heavy atom. The molecule has 0 aromatic heterocycles. The molecule has 4 unspecified atom stereocenters. The van der Waals surface area contributed by atoms with Crippen LogP contribution in [0.25, 0.3) is 10.8 Å². The summed E-state index contributed by atoms with van der Waals surface area (Å²) in [4.78, 5) is 13.3. The van der Waals surface area contributed by atoms with Gasteiger partial charge >= 0.3 is 0 Å². The van der Waals surface area contributed by atoms with Crippen molar-refractivity contribution in [3.63, 3.8) is 0 Å². The quantitative estimate of drug-likeness (QED) is 0.579. The van der Waals surface area contributed by atoms with Crippen LogP contribution < -0.4 is 0 Å².